The molecule has 3 aromatic rings. The molecule has 0 aliphatic carbocycles. The van der Waals surface area contributed by atoms with Crippen molar-refractivity contribution in [3.8, 4) is 5.75 Å². The molecule has 0 saturated heterocycles. The predicted molar refractivity (Wildman–Crippen MR) is 105 cm³/mol. The topological polar surface area (TPSA) is 50.4 Å². The van der Waals surface area contributed by atoms with Gasteiger partial charge in [-0.1, -0.05) is 54.6 Å². The number of rotatable bonds is 4. The smallest absolute Gasteiger partial charge is 0.266 e. The molecule has 0 aliphatic rings. The van der Waals surface area contributed by atoms with E-state index in [1.807, 2.05) is 60.7 Å². The van der Waals surface area contributed by atoms with Crippen LogP contribution < -0.4 is 15.4 Å². The first-order valence-corrected chi connectivity index (χ1v) is 8.35. The van der Waals surface area contributed by atoms with Crippen LogP contribution in [0.4, 0.5) is 5.69 Å². The van der Waals surface area contributed by atoms with Crippen molar-refractivity contribution in [2.75, 3.05) is 5.32 Å². The molecule has 4 nitrogen and oxygen atoms in total. The maximum Gasteiger partial charge on any atom is 0.266 e. The van der Waals surface area contributed by atoms with Gasteiger partial charge in [0, 0.05) is 11.1 Å². The summed E-state index contributed by atoms with van der Waals surface area (Å²) in [6.07, 6.45) is -0.658. The second kappa shape index (κ2) is 7.77. The molecule has 3 rings (SSSR count). The predicted octanol–water partition coefficient (Wildman–Crippen LogP) is 4.12. The second-order valence-electron chi connectivity index (χ2n) is 5.54. The van der Waals surface area contributed by atoms with E-state index in [-0.39, 0.29) is 11.0 Å². The first-order valence-electron chi connectivity index (χ1n) is 7.95. The van der Waals surface area contributed by atoms with Gasteiger partial charge in [-0.3, -0.25) is 10.1 Å². The van der Waals surface area contributed by atoms with Crippen LogP contribution in [0.5, 0.6) is 5.75 Å². The molecule has 1 atom stereocenters. The van der Waals surface area contributed by atoms with Crippen molar-refractivity contribution in [2.45, 2.75) is 13.0 Å². The first kappa shape index (κ1) is 16.9. The molecular weight excluding hydrogens is 332 g/mol. The van der Waals surface area contributed by atoms with Crippen LogP contribution in [0.3, 0.4) is 0 Å². The Morgan fingerprint density at radius 1 is 0.960 bits per heavy atom. The summed E-state index contributed by atoms with van der Waals surface area (Å²) in [4.78, 5) is 12.2. The third-order valence-corrected chi connectivity index (χ3v) is 3.90. The standard InChI is InChI=1S/C20H18N2O2S/c1-14(24-16-10-3-2-4-11-16)19(23)22-20(25)21-18-13-7-9-15-8-5-6-12-17(15)18/h2-14H,1H3,(H2,21,22,23,25). The highest BCUT2D eigenvalue weighted by molar-refractivity contribution is 7.80. The molecule has 0 bridgehead atoms. The molecular formula is C20H18N2O2S. The lowest BCUT2D eigenvalue weighted by molar-refractivity contribution is -0.125. The van der Waals surface area contributed by atoms with Gasteiger partial charge in [-0.2, -0.15) is 0 Å². The number of hydrogen-bond donors (Lipinski definition) is 2. The summed E-state index contributed by atoms with van der Waals surface area (Å²) < 4.78 is 5.60. The van der Waals surface area contributed by atoms with E-state index in [2.05, 4.69) is 10.6 Å². The largest absolute Gasteiger partial charge is 0.481 e. The van der Waals surface area contributed by atoms with Crippen molar-refractivity contribution >= 4 is 39.7 Å². The van der Waals surface area contributed by atoms with Gasteiger partial charge in [-0.25, -0.2) is 0 Å². The number of anilines is 1. The van der Waals surface area contributed by atoms with Crippen LogP contribution in [0.25, 0.3) is 10.8 Å². The van der Waals surface area contributed by atoms with Crippen LogP contribution in [0.1, 0.15) is 6.92 Å². The SMILES string of the molecule is CC(Oc1ccccc1)C(=O)NC(=S)Nc1cccc2ccccc12. The van der Waals surface area contributed by atoms with Crippen LogP contribution in [-0.4, -0.2) is 17.1 Å². The van der Waals surface area contributed by atoms with Crippen molar-refractivity contribution < 1.29 is 9.53 Å². The molecule has 0 spiro atoms. The summed E-state index contributed by atoms with van der Waals surface area (Å²) in [7, 11) is 0. The number of fused-ring (bicyclic) bond motifs is 1. The highest BCUT2D eigenvalue weighted by Gasteiger charge is 2.16. The van der Waals surface area contributed by atoms with E-state index < -0.39 is 6.10 Å². The minimum Gasteiger partial charge on any atom is -0.481 e. The van der Waals surface area contributed by atoms with E-state index in [1.54, 1.807) is 19.1 Å². The number of para-hydroxylation sites is 1. The van der Waals surface area contributed by atoms with E-state index in [9.17, 15) is 4.79 Å². The van der Waals surface area contributed by atoms with E-state index in [0.717, 1.165) is 16.5 Å². The Balaban J connectivity index is 1.62. The van der Waals surface area contributed by atoms with Gasteiger partial charge in [0.15, 0.2) is 11.2 Å². The third kappa shape index (κ3) is 4.33. The van der Waals surface area contributed by atoms with E-state index in [0.29, 0.717) is 5.75 Å². The van der Waals surface area contributed by atoms with E-state index in [1.165, 1.54) is 0 Å². The third-order valence-electron chi connectivity index (χ3n) is 3.70. The Morgan fingerprint density at radius 2 is 1.64 bits per heavy atom. The van der Waals surface area contributed by atoms with Crippen molar-refractivity contribution in [2.24, 2.45) is 0 Å². The number of amides is 1. The summed E-state index contributed by atoms with van der Waals surface area (Å²) in [5.74, 6) is 0.333. The zero-order valence-corrected chi connectivity index (χ0v) is 14.5. The van der Waals surface area contributed by atoms with Gasteiger partial charge in [0.25, 0.3) is 5.91 Å². The maximum atomic E-state index is 12.2. The number of carbonyl (C=O) groups excluding carboxylic acids is 1. The Morgan fingerprint density at radius 3 is 2.44 bits per heavy atom. The lowest BCUT2D eigenvalue weighted by Crippen LogP contribution is -2.42. The van der Waals surface area contributed by atoms with Crippen molar-refractivity contribution in [1.29, 1.82) is 0 Å². The van der Waals surface area contributed by atoms with Crippen LogP contribution >= 0.6 is 12.2 Å². The summed E-state index contributed by atoms with van der Waals surface area (Å²) >= 11 is 5.26. The normalized spacial score (nSPS) is 11.6. The monoisotopic (exact) mass is 350 g/mol. The van der Waals surface area contributed by atoms with Crippen LogP contribution in [0.2, 0.25) is 0 Å². The van der Waals surface area contributed by atoms with Crippen LogP contribution in [-0.2, 0) is 4.79 Å². The number of nitrogens with one attached hydrogen (secondary N) is 2. The van der Waals surface area contributed by atoms with Gasteiger partial charge in [-0.05, 0) is 42.7 Å². The minimum atomic E-state index is -0.658. The molecule has 2 N–H and O–H groups in total. The molecule has 126 valence electrons. The molecule has 0 aromatic heterocycles. The molecule has 1 unspecified atom stereocenters. The quantitative estimate of drug-likeness (QED) is 0.695. The van der Waals surface area contributed by atoms with Crippen molar-refractivity contribution in [1.82, 2.24) is 5.32 Å². The van der Waals surface area contributed by atoms with Gasteiger partial charge in [0.2, 0.25) is 0 Å². The van der Waals surface area contributed by atoms with Gasteiger partial charge >= 0.3 is 0 Å². The van der Waals surface area contributed by atoms with Gasteiger partial charge in [-0.15, -0.1) is 0 Å². The lowest BCUT2D eigenvalue weighted by atomic mass is 10.1. The van der Waals surface area contributed by atoms with E-state index >= 15 is 0 Å². The molecule has 1 amide bonds. The van der Waals surface area contributed by atoms with Crippen LogP contribution in [0, 0.1) is 0 Å². The fraction of sp³-hybridized carbons (Fsp3) is 0.100. The summed E-state index contributed by atoms with van der Waals surface area (Å²) in [6.45, 7) is 1.68. The second-order valence-corrected chi connectivity index (χ2v) is 5.95. The first-order chi connectivity index (χ1) is 12.1. The van der Waals surface area contributed by atoms with E-state index in [4.69, 9.17) is 17.0 Å². The molecule has 0 aliphatic heterocycles. The molecule has 3 aromatic carbocycles. The Labute approximate surface area is 151 Å². The number of thiocarbonyl (C=S) groups is 1. The molecule has 0 heterocycles. The fourth-order valence-electron chi connectivity index (χ4n) is 2.46. The Bertz CT molecular complexity index is 891. The van der Waals surface area contributed by atoms with Crippen LogP contribution in [0.15, 0.2) is 72.8 Å². The zero-order valence-electron chi connectivity index (χ0n) is 13.7. The minimum absolute atomic E-state index is 0.241. The average Bonchev–Trinajstić information content (AvgIpc) is 2.63. The van der Waals surface area contributed by atoms with Gasteiger partial charge in [0.05, 0.1) is 0 Å². The summed E-state index contributed by atoms with van der Waals surface area (Å²) in [6, 6.07) is 23.1. The lowest BCUT2D eigenvalue weighted by Gasteiger charge is -2.16. The number of benzene rings is 3. The Kier molecular flexibility index (Phi) is 5.26. The molecule has 5 heteroatoms. The Hall–Kier alpha value is -2.92. The van der Waals surface area contributed by atoms with Crippen molar-refractivity contribution in [3.63, 3.8) is 0 Å². The van der Waals surface area contributed by atoms with Gasteiger partial charge in [0.1, 0.15) is 5.75 Å². The average molecular weight is 350 g/mol. The highest BCUT2D eigenvalue weighted by Crippen LogP contribution is 2.22. The summed E-state index contributed by atoms with van der Waals surface area (Å²) in [5.41, 5.74) is 0.847. The molecule has 0 saturated carbocycles. The molecule has 0 radical (unpaired) electrons. The van der Waals surface area contributed by atoms with Crippen molar-refractivity contribution in [3.05, 3.63) is 72.8 Å². The fourth-order valence-corrected chi connectivity index (χ4v) is 2.67. The number of hydrogen-bond acceptors (Lipinski definition) is 3. The number of ether oxygens (including phenoxy) is 1. The zero-order chi connectivity index (χ0) is 17.6. The maximum absolute atomic E-state index is 12.2. The summed E-state index contributed by atoms with van der Waals surface area (Å²) in [5, 5.41) is 8.13. The molecule has 25 heavy (non-hydrogen) atoms. The highest BCUT2D eigenvalue weighted by atomic mass is 32.1. The molecule has 0 fully saturated rings. The van der Waals surface area contributed by atoms with Gasteiger partial charge < -0.3 is 10.1 Å². The number of carbonyl (C=O) groups is 1.